The Morgan fingerprint density at radius 3 is 1.86 bits per heavy atom. The number of halogens is 1. The molecule has 0 saturated heterocycles. The van der Waals surface area contributed by atoms with Gasteiger partial charge in [0.25, 0.3) is 0 Å². The summed E-state index contributed by atoms with van der Waals surface area (Å²) in [4.78, 5) is 2.72. The van der Waals surface area contributed by atoms with E-state index in [9.17, 15) is 0 Å². The smallest absolute Gasteiger partial charge is 0.0431 e. The first-order chi connectivity index (χ1) is 13.9. The Morgan fingerprint density at radius 1 is 0.724 bits per heavy atom. The Balaban J connectivity index is 1.85. The van der Waals surface area contributed by atoms with Crippen molar-refractivity contribution in [2.45, 2.75) is 33.1 Å². The van der Waals surface area contributed by atoms with Crippen LogP contribution >= 0.6 is 22.9 Å². The number of fused-ring (bicyclic) bond motifs is 3. The van der Waals surface area contributed by atoms with E-state index in [0.29, 0.717) is 0 Å². The van der Waals surface area contributed by atoms with Gasteiger partial charge < -0.3 is 0 Å². The number of hydrogen-bond acceptors (Lipinski definition) is 1. The van der Waals surface area contributed by atoms with E-state index in [1.165, 1.54) is 54.3 Å². The van der Waals surface area contributed by atoms with Crippen LogP contribution in [0.1, 0.15) is 36.1 Å². The summed E-state index contributed by atoms with van der Waals surface area (Å²) in [6.45, 7) is 8.94. The molecule has 0 unspecified atom stereocenters. The molecule has 0 fully saturated rings. The van der Waals surface area contributed by atoms with Crippen LogP contribution in [0.25, 0.3) is 32.0 Å². The summed E-state index contributed by atoms with van der Waals surface area (Å²) < 4.78 is 0. The highest BCUT2D eigenvalue weighted by atomic mass is 35.5. The summed E-state index contributed by atoms with van der Waals surface area (Å²) in [5.74, 6) is 0. The van der Waals surface area contributed by atoms with Gasteiger partial charge in [0.1, 0.15) is 0 Å². The standard InChI is InChI=1S/C27H23ClS/c1-16-5-9-18(10-6-16)25-23-21-14-13-20(28)15-22(21)27(3,4)24(23)26(29-25)19-11-7-17(2)8-12-19/h5-15H,1-4H3. The zero-order chi connectivity index (χ0) is 20.3. The maximum Gasteiger partial charge on any atom is 0.0431 e. The van der Waals surface area contributed by atoms with E-state index in [0.717, 1.165) is 5.02 Å². The Hall–Kier alpha value is -2.35. The summed E-state index contributed by atoms with van der Waals surface area (Å²) in [6, 6.07) is 24.2. The molecule has 1 aromatic heterocycles. The first kappa shape index (κ1) is 18.7. The van der Waals surface area contributed by atoms with Crippen molar-refractivity contribution in [3.8, 4) is 32.0 Å². The maximum atomic E-state index is 6.41. The largest absolute Gasteiger partial charge is 0.134 e. The van der Waals surface area contributed by atoms with E-state index < -0.39 is 0 Å². The average Bonchev–Trinajstić information content (AvgIpc) is 3.19. The van der Waals surface area contributed by atoms with Crippen molar-refractivity contribution in [2.24, 2.45) is 0 Å². The van der Waals surface area contributed by atoms with Crippen LogP contribution in [-0.2, 0) is 5.41 Å². The molecule has 1 aliphatic rings. The molecule has 144 valence electrons. The molecule has 0 radical (unpaired) electrons. The minimum absolute atomic E-state index is 0.0881. The van der Waals surface area contributed by atoms with Crippen molar-refractivity contribution < 1.29 is 0 Å². The van der Waals surface area contributed by atoms with Crippen LogP contribution in [0.15, 0.2) is 66.7 Å². The quantitative estimate of drug-likeness (QED) is 0.307. The van der Waals surface area contributed by atoms with Crippen molar-refractivity contribution in [1.29, 1.82) is 0 Å². The lowest BCUT2D eigenvalue weighted by atomic mass is 9.81. The fourth-order valence-electron chi connectivity index (χ4n) is 4.49. The first-order valence-corrected chi connectivity index (χ1v) is 11.2. The molecule has 0 amide bonds. The van der Waals surface area contributed by atoms with E-state index >= 15 is 0 Å². The van der Waals surface area contributed by atoms with E-state index in [4.69, 9.17) is 11.6 Å². The van der Waals surface area contributed by atoms with Gasteiger partial charge in [-0.1, -0.05) is 91.2 Å². The second kappa shape index (κ2) is 6.58. The molecule has 1 heterocycles. The van der Waals surface area contributed by atoms with Crippen LogP contribution in [0.2, 0.25) is 5.02 Å². The third-order valence-electron chi connectivity index (χ3n) is 6.09. The monoisotopic (exact) mass is 414 g/mol. The van der Waals surface area contributed by atoms with Crippen molar-refractivity contribution in [1.82, 2.24) is 0 Å². The van der Waals surface area contributed by atoms with Crippen molar-refractivity contribution in [2.75, 3.05) is 0 Å². The Labute approximate surface area is 181 Å². The van der Waals surface area contributed by atoms with Gasteiger partial charge in [-0.2, -0.15) is 0 Å². The number of hydrogen-bond donors (Lipinski definition) is 0. The van der Waals surface area contributed by atoms with Crippen molar-refractivity contribution >= 4 is 22.9 Å². The third kappa shape index (κ3) is 2.87. The van der Waals surface area contributed by atoms with E-state index in [1.807, 2.05) is 17.4 Å². The van der Waals surface area contributed by atoms with Gasteiger partial charge in [-0.05, 0) is 53.8 Å². The number of benzene rings is 3. The SMILES string of the molecule is Cc1ccc(-c2sc(-c3ccc(C)cc3)c3c2-c2ccc(Cl)cc2C3(C)C)cc1. The van der Waals surface area contributed by atoms with Crippen LogP contribution < -0.4 is 0 Å². The predicted octanol–water partition coefficient (Wildman–Crippen LogP) is 8.66. The topological polar surface area (TPSA) is 0 Å². The molecule has 0 aliphatic heterocycles. The predicted molar refractivity (Wildman–Crippen MR) is 127 cm³/mol. The molecule has 2 heteroatoms. The molecule has 0 bridgehead atoms. The molecule has 29 heavy (non-hydrogen) atoms. The average molecular weight is 415 g/mol. The highest BCUT2D eigenvalue weighted by molar-refractivity contribution is 7.19. The normalized spacial score (nSPS) is 14.0. The minimum atomic E-state index is -0.0881. The second-order valence-electron chi connectivity index (χ2n) is 8.56. The van der Waals surface area contributed by atoms with Crippen molar-refractivity contribution in [3.63, 3.8) is 0 Å². The van der Waals surface area contributed by atoms with Gasteiger partial charge in [0.2, 0.25) is 0 Å². The zero-order valence-electron chi connectivity index (χ0n) is 17.1. The number of aryl methyl sites for hydroxylation is 2. The lowest BCUT2D eigenvalue weighted by Crippen LogP contribution is -2.15. The molecule has 0 spiro atoms. The lowest BCUT2D eigenvalue weighted by Gasteiger charge is -2.22. The highest BCUT2D eigenvalue weighted by Gasteiger charge is 2.41. The second-order valence-corrected chi connectivity index (χ2v) is 10.0. The Bertz CT molecular complexity index is 1230. The van der Waals surface area contributed by atoms with Gasteiger partial charge in [-0.3, -0.25) is 0 Å². The molecule has 5 rings (SSSR count). The lowest BCUT2D eigenvalue weighted by molar-refractivity contribution is 0.664. The number of rotatable bonds is 2. The third-order valence-corrected chi connectivity index (χ3v) is 7.61. The fraction of sp³-hybridized carbons (Fsp3) is 0.185. The van der Waals surface area contributed by atoms with Gasteiger partial charge in [0.05, 0.1) is 0 Å². The van der Waals surface area contributed by atoms with E-state index in [-0.39, 0.29) is 5.41 Å². The van der Waals surface area contributed by atoms with Gasteiger partial charge in [0, 0.05) is 25.8 Å². The van der Waals surface area contributed by atoms with E-state index in [1.54, 1.807) is 0 Å². The minimum Gasteiger partial charge on any atom is -0.134 e. The number of thiophene rings is 1. The highest BCUT2D eigenvalue weighted by Crippen LogP contribution is 2.59. The van der Waals surface area contributed by atoms with Crippen LogP contribution in [0.3, 0.4) is 0 Å². The summed E-state index contributed by atoms with van der Waals surface area (Å²) in [6.07, 6.45) is 0. The van der Waals surface area contributed by atoms with Gasteiger partial charge >= 0.3 is 0 Å². The Kier molecular flexibility index (Phi) is 4.24. The van der Waals surface area contributed by atoms with Crippen LogP contribution in [0.4, 0.5) is 0 Å². The van der Waals surface area contributed by atoms with Crippen LogP contribution in [-0.4, -0.2) is 0 Å². The molecule has 0 N–H and O–H groups in total. The maximum absolute atomic E-state index is 6.41. The first-order valence-electron chi connectivity index (χ1n) is 9.98. The summed E-state index contributed by atoms with van der Waals surface area (Å²) >= 11 is 8.33. The van der Waals surface area contributed by atoms with Gasteiger partial charge in [-0.25, -0.2) is 0 Å². The summed E-state index contributed by atoms with van der Waals surface area (Å²) in [5.41, 5.74) is 10.5. The summed E-state index contributed by atoms with van der Waals surface area (Å²) in [5, 5.41) is 0.805. The van der Waals surface area contributed by atoms with Crippen LogP contribution in [0, 0.1) is 13.8 Å². The molecule has 0 nitrogen and oxygen atoms in total. The molecule has 0 saturated carbocycles. The van der Waals surface area contributed by atoms with Crippen molar-refractivity contribution in [3.05, 3.63) is 94.0 Å². The molecule has 0 atom stereocenters. The molecule has 1 aliphatic carbocycles. The van der Waals surface area contributed by atoms with Gasteiger partial charge in [-0.15, -0.1) is 11.3 Å². The zero-order valence-corrected chi connectivity index (χ0v) is 18.7. The van der Waals surface area contributed by atoms with Crippen LogP contribution in [0.5, 0.6) is 0 Å². The molecule has 4 aromatic rings. The Morgan fingerprint density at radius 2 is 1.28 bits per heavy atom. The van der Waals surface area contributed by atoms with E-state index in [2.05, 4.69) is 88.4 Å². The molecule has 3 aromatic carbocycles. The fourth-order valence-corrected chi connectivity index (χ4v) is 6.14. The van der Waals surface area contributed by atoms with Gasteiger partial charge in [0.15, 0.2) is 0 Å². The summed E-state index contributed by atoms with van der Waals surface area (Å²) in [7, 11) is 0. The molecular weight excluding hydrogens is 392 g/mol. The molecular formula is C27H23ClS.